The fourth-order valence-electron chi connectivity index (χ4n) is 1.60. The summed E-state index contributed by atoms with van der Waals surface area (Å²) in [6, 6.07) is 3.99. The van der Waals surface area contributed by atoms with Crippen LogP contribution in [0.1, 0.15) is 22.5 Å². The molecule has 5 heteroatoms. The van der Waals surface area contributed by atoms with Gasteiger partial charge in [0.1, 0.15) is 17.8 Å². The highest BCUT2D eigenvalue weighted by atomic mass is 32.1. The number of hydrogen-bond acceptors (Lipinski definition) is 4. The van der Waals surface area contributed by atoms with Gasteiger partial charge < -0.3 is 5.11 Å². The molecule has 86 valence electrons. The van der Waals surface area contributed by atoms with Gasteiger partial charge in [-0.2, -0.15) is 5.10 Å². The van der Waals surface area contributed by atoms with E-state index in [1.165, 1.54) is 11.2 Å². The van der Waals surface area contributed by atoms with Crippen LogP contribution in [0.3, 0.4) is 0 Å². The molecule has 0 spiro atoms. The van der Waals surface area contributed by atoms with E-state index in [-0.39, 0.29) is 0 Å². The smallest absolute Gasteiger partial charge is 0.138 e. The van der Waals surface area contributed by atoms with Crippen molar-refractivity contribution in [1.82, 2.24) is 14.8 Å². The summed E-state index contributed by atoms with van der Waals surface area (Å²) < 4.78 is 1.69. The third-order valence-electron chi connectivity index (χ3n) is 2.58. The van der Waals surface area contributed by atoms with Gasteiger partial charge in [0.25, 0.3) is 0 Å². The molecular weight excluding hydrogens is 222 g/mol. The maximum atomic E-state index is 10.4. The van der Waals surface area contributed by atoms with Gasteiger partial charge in [0.05, 0.1) is 0 Å². The van der Waals surface area contributed by atoms with Crippen molar-refractivity contribution >= 4 is 11.3 Å². The predicted molar refractivity (Wildman–Crippen MR) is 63.3 cm³/mol. The van der Waals surface area contributed by atoms with Crippen LogP contribution in [0.15, 0.2) is 18.5 Å². The molecular formula is C11H15N3OS. The summed E-state index contributed by atoms with van der Waals surface area (Å²) in [4.78, 5) is 6.30. The van der Waals surface area contributed by atoms with Gasteiger partial charge in [-0.1, -0.05) is 0 Å². The maximum absolute atomic E-state index is 10.4. The zero-order chi connectivity index (χ0) is 11.8. The summed E-state index contributed by atoms with van der Waals surface area (Å²) in [7, 11) is 1.83. The molecule has 2 heterocycles. The summed E-state index contributed by atoms with van der Waals surface area (Å²) in [5, 5.41) is 14.4. The van der Waals surface area contributed by atoms with Crippen molar-refractivity contribution < 1.29 is 5.11 Å². The molecule has 0 aliphatic rings. The van der Waals surface area contributed by atoms with E-state index in [0.717, 1.165) is 10.7 Å². The first-order valence-electron chi connectivity index (χ1n) is 5.11. The van der Waals surface area contributed by atoms with E-state index in [0.29, 0.717) is 6.42 Å². The Bertz CT molecular complexity index is 487. The number of thiophene rings is 1. The Morgan fingerprint density at radius 3 is 2.75 bits per heavy atom. The Labute approximate surface area is 98.6 Å². The molecule has 0 radical (unpaired) electrons. The summed E-state index contributed by atoms with van der Waals surface area (Å²) >= 11 is 1.61. The van der Waals surface area contributed by atoms with Crippen molar-refractivity contribution in [3.05, 3.63) is 34.0 Å². The van der Waals surface area contributed by atoms with Gasteiger partial charge in [-0.3, -0.25) is 4.68 Å². The molecule has 2 aromatic heterocycles. The van der Waals surface area contributed by atoms with Crippen LogP contribution in [0.5, 0.6) is 0 Å². The third-order valence-corrected chi connectivity index (χ3v) is 3.83. The van der Waals surface area contributed by atoms with Crippen molar-refractivity contribution in [3.63, 3.8) is 0 Å². The van der Waals surface area contributed by atoms with Gasteiger partial charge in [-0.15, -0.1) is 11.3 Å². The molecule has 16 heavy (non-hydrogen) atoms. The maximum Gasteiger partial charge on any atom is 0.138 e. The number of aromatic nitrogens is 3. The highest BCUT2D eigenvalue weighted by Gasteiger charge is 2.27. The molecule has 2 aromatic rings. The van der Waals surface area contributed by atoms with Crippen molar-refractivity contribution in [2.45, 2.75) is 25.9 Å². The van der Waals surface area contributed by atoms with Crippen LogP contribution in [0.2, 0.25) is 0 Å². The Kier molecular flexibility index (Phi) is 2.82. The lowest BCUT2D eigenvalue weighted by molar-refractivity contribution is 0.0583. The van der Waals surface area contributed by atoms with Crippen LogP contribution < -0.4 is 0 Å². The molecule has 0 saturated heterocycles. The van der Waals surface area contributed by atoms with Crippen molar-refractivity contribution in [2.75, 3.05) is 0 Å². The number of rotatable bonds is 3. The fraction of sp³-hybridized carbons (Fsp3) is 0.455. The molecule has 1 unspecified atom stereocenters. The van der Waals surface area contributed by atoms with Crippen molar-refractivity contribution in [2.24, 2.45) is 7.05 Å². The lowest BCUT2D eigenvalue weighted by Gasteiger charge is -2.21. The molecule has 1 atom stereocenters. The Balaban J connectivity index is 2.23. The average molecular weight is 237 g/mol. The molecule has 0 amide bonds. The van der Waals surface area contributed by atoms with Crippen LogP contribution in [0, 0.1) is 6.92 Å². The molecule has 1 N–H and O–H groups in total. The zero-order valence-corrected chi connectivity index (χ0v) is 10.5. The summed E-state index contributed by atoms with van der Waals surface area (Å²) in [6.45, 7) is 3.85. The van der Waals surface area contributed by atoms with E-state index in [9.17, 15) is 5.11 Å². The van der Waals surface area contributed by atoms with E-state index in [2.05, 4.69) is 10.1 Å². The van der Waals surface area contributed by atoms with Crippen LogP contribution >= 0.6 is 11.3 Å². The molecule has 0 fully saturated rings. The molecule has 0 saturated carbocycles. The fourth-order valence-corrected chi connectivity index (χ4v) is 2.51. The second-order valence-corrected chi connectivity index (χ2v) is 5.45. The molecule has 0 aromatic carbocycles. The molecule has 0 aliphatic heterocycles. The minimum Gasteiger partial charge on any atom is -0.384 e. The summed E-state index contributed by atoms with van der Waals surface area (Å²) in [5.74, 6) is 0.788. The molecule has 2 rings (SSSR count). The van der Waals surface area contributed by atoms with Crippen LogP contribution in [-0.4, -0.2) is 19.9 Å². The van der Waals surface area contributed by atoms with Crippen molar-refractivity contribution in [1.29, 1.82) is 0 Å². The predicted octanol–water partition coefficient (Wildman–Crippen LogP) is 1.64. The first-order valence-corrected chi connectivity index (χ1v) is 5.93. The monoisotopic (exact) mass is 237 g/mol. The van der Waals surface area contributed by atoms with Gasteiger partial charge in [0, 0.05) is 23.2 Å². The summed E-state index contributed by atoms with van der Waals surface area (Å²) in [6.07, 6.45) is 1.98. The largest absolute Gasteiger partial charge is 0.384 e. The number of aliphatic hydroxyl groups is 1. The minimum atomic E-state index is -0.875. The van der Waals surface area contributed by atoms with Gasteiger partial charge in [0.2, 0.25) is 0 Å². The van der Waals surface area contributed by atoms with Gasteiger partial charge in [0.15, 0.2) is 0 Å². The van der Waals surface area contributed by atoms with Gasteiger partial charge in [-0.05, 0) is 26.0 Å². The van der Waals surface area contributed by atoms with Gasteiger partial charge >= 0.3 is 0 Å². The lowest BCUT2D eigenvalue weighted by atomic mass is 10.00. The van der Waals surface area contributed by atoms with Crippen LogP contribution in [0.4, 0.5) is 0 Å². The topological polar surface area (TPSA) is 50.9 Å². The highest BCUT2D eigenvalue weighted by molar-refractivity contribution is 7.12. The van der Waals surface area contributed by atoms with Crippen LogP contribution in [0.25, 0.3) is 0 Å². The third kappa shape index (κ3) is 2.15. The first kappa shape index (κ1) is 11.3. The number of nitrogens with zero attached hydrogens (tertiary/aromatic N) is 3. The Morgan fingerprint density at radius 2 is 2.25 bits per heavy atom. The first-order chi connectivity index (χ1) is 7.49. The Hall–Kier alpha value is -1.20. The summed E-state index contributed by atoms with van der Waals surface area (Å²) in [5.41, 5.74) is -0.875. The normalized spacial score (nSPS) is 15.0. The lowest BCUT2D eigenvalue weighted by Crippen LogP contribution is -2.24. The zero-order valence-electron chi connectivity index (χ0n) is 9.64. The van der Waals surface area contributed by atoms with E-state index in [1.807, 2.05) is 33.0 Å². The SMILES string of the molecule is Cc1ccc(C(C)(O)Cc2ncnn2C)s1. The van der Waals surface area contributed by atoms with E-state index >= 15 is 0 Å². The minimum absolute atomic E-state index is 0.476. The average Bonchev–Trinajstić information content (AvgIpc) is 2.77. The number of hydrogen-bond donors (Lipinski definition) is 1. The quantitative estimate of drug-likeness (QED) is 0.882. The van der Waals surface area contributed by atoms with Crippen molar-refractivity contribution in [3.8, 4) is 0 Å². The van der Waals surface area contributed by atoms with Crippen LogP contribution in [-0.2, 0) is 19.1 Å². The molecule has 0 aliphatic carbocycles. The molecule has 0 bridgehead atoms. The number of aryl methyl sites for hydroxylation is 2. The Morgan fingerprint density at radius 1 is 1.50 bits per heavy atom. The second-order valence-electron chi connectivity index (χ2n) is 4.16. The van der Waals surface area contributed by atoms with Gasteiger partial charge in [-0.25, -0.2) is 4.98 Å². The second kappa shape index (κ2) is 3.99. The van der Waals surface area contributed by atoms with E-state index in [1.54, 1.807) is 16.0 Å². The van der Waals surface area contributed by atoms with E-state index in [4.69, 9.17) is 0 Å². The highest BCUT2D eigenvalue weighted by Crippen LogP contribution is 2.30. The van der Waals surface area contributed by atoms with E-state index < -0.39 is 5.60 Å². The molecule has 4 nitrogen and oxygen atoms in total. The standard InChI is InChI=1S/C11H15N3OS/c1-8-4-5-9(16-8)11(2,15)6-10-12-7-13-14(10)3/h4-5,7,15H,6H2,1-3H3.